The van der Waals surface area contributed by atoms with Crippen LogP contribution in [0.5, 0.6) is 0 Å². The van der Waals surface area contributed by atoms with Crippen LogP contribution >= 0.6 is 11.6 Å². The van der Waals surface area contributed by atoms with Gasteiger partial charge in [0.25, 0.3) is 5.91 Å². The number of amides is 2. The zero-order chi connectivity index (χ0) is 22.5. The van der Waals surface area contributed by atoms with E-state index in [1.807, 2.05) is 48.5 Å². The van der Waals surface area contributed by atoms with E-state index in [0.29, 0.717) is 36.4 Å². The maximum Gasteiger partial charge on any atom is 0.253 e. The Morgan fingerprint density at radius 3 is 2.50 bits per heavy atom. The fourth-order valence-electron chi connectivity index (χ4n) is 3.56. The summed E-state index contributed by atoms with van der Waals surface area (Å²) in [5, 5.41) is 4.53. The van der Waals surface area contributed by atoms with Crippen LogP contribution in [0.1, 0.15) is 39.0 Å². The highest BCUT2D eigenvalue weighted by Gasteiger charge is 2.09. The fraction of sp³-hybridized carbons (Fsp3) is 0.160. The van der Waals surface area contributed by atoms with Gasteiger partial charge >= 0.3 is 0 Å². The fourth-order valence-corrected chi connectivity index (χ4v) is 3.77. The summed E-state index contributed by atoms with van der Waals surface area (Å²) in [6.45, 7) is 0.396. The van der Waals surface area contributed by atoms with Crippen LogP contribution in [-0.2, 0) is 24.2 Å². The Labute approximate surface area is 190 Å². The van der Waals surface area contributed by atoms with Gasteiger partial charge in [-0.1, -0.05) is 41.9 Å². The molecular weight excluding hydrogens is 424 g/mol. The van der Waals surface area contributed by atoms with Crippen LogP contribution in [-0.4, -0.2) is 21.8 Å². The first-order valence-corrected chi connectivity index (χ1v) is 10.7. The molecule has 0 spiro atoms. The Balaban J connectivity index is 1.37. The average Bonchev–Trinajstić information content (AvgIpc) is 3.17. The number of carbonyl (C=O) groups excluding carboxylic acids is 2. The Kier molecular flexibility index (Phi) is 6.52. The van der Waals surface area contributed by atoms with Gasteiger partial charge in [-0.05, 0) is 53.3 Å². The van der Waals surface area contributed by atoms with E-state index in [-0.39, 0.29) is 11.8 Å². The van der Waals surface area contributed by atoms with Crippen molar-refractivity contribution in [1.29, 1.82) is 0 Å². The van der Waals surface area contributed by atoms with Crippen molar-refractivity contribution >= 4 is 34.3 Å². The van der Waals surface area contributed by atoms with Gasteiger partial charge in [-0.25, -0.2) is 0 Å². The summed E-state index contributed by atoms with van der Waals surface area (Å²) in [5.74, 6) is -0.481. The van der Waals surface area contributed by atoms with E-state index in [4.69, 9.17) is 17.3 Å². The molecule has 0 aliphatic heterocycles. The second kappa shape index (κ2) is 9.66. The predicted octanol–water partition coefficient (Wildman–Crippen LogP) is 4.16. The molecule has 0 radical (unpaired) electrons. The van der Waals surface area contributed by atoms with Crippen molar-refractivity contribution in [1.82, 2.24) is 15.3 Å². The van der Waals surface area contributed by atoms with Gasteiger partial charge in [0.05, 0.1) is 10.6 Å². The maximum absolute atomic E-state index is 12.7. The normalized spacial score (nSPS) is 10.9. The van der Waals surface area contributed by atoms with Gasteiger partial charge in [0.1, 0.15) is 0 Å². The van der Waals surface area contributed by atoms with E-state index in [2.05, 4.69) is 15.3 Å². The van der Waals surface area contributed by atoms with Crippen molar-refractivity contribution in [3.8, 4) is 0 Å². The van der Waals surface area contributed by atoms with Gasteiger partial charge in [0.2, 0.25) is 5.91 Å². The Bertz CT molecular complexity index is 1260. The molecule has 2 aromatic carbocycles. The number of hydrogen-bond acceptors (Lipinski definition) is 3. The first-order chi connectivity index (χ1) is 15.5. The zero-order valence-corrected chi connectivity index (χ0v) is 18.2. The SMILES string of the molecule is NC(=O)CCc1ccc(Cc2cncc(C(=O)NCc3ccc4[nH]cc(Cl)c4c3)c2)cc1. The number of aromatic amines is 1. The molecule has 0 bridgehead atoms. The number of nitrogens with two attached hydrogens (primary N) is 1. The summed E-state index contributed by atoms with van der Waals surface area (Å²) in [5.41, 5.74) is 10.8. The van der Waals surface area contributed by atoms with Crippen molar-refractivity contribution in [2.45, 2.75) is 25.8 Å². The highest BCUT2D eigenvalue weighted by Crippen LogP contribution is 2.24. The van der Waals surface area contributed by atoms with Crippen molar-refractivity contribution in [2.75, 3.05) is 0 Å². The van der Waals surface area contributed by atoms with Crippen molar-refractivity contribution in [3.63, 3.8) is 0 Å². The number of aryl methyl sites for hydroxylation is 1. The van der Waals surface area contributed by atoms with E-state index in [0.717, 1.165) is 33.2 Å². The molecule has 0 atom stereocenters. The van der Waals surface area contributed by atoms with Crippen LogP contribution < -0.4 is 11.1 Å². The van der Waals surface area contributed by atoms with Gasteiger partial charge in [-0.15, -0.1) is 0 Å². The third-order valence-electron chi connectivity index (χ3n) is 5.30. The molecule has 162 valence electrons. The summed E-state index contributed by atoms with van der Waals surface area (Å²) in [4.78, 5) is 30.9. The summed E-state index contributed by atoms with van der Waals surface area (Å²) in [6, 6.07) is 15.8. The van der Waals surface area contributed by atoms with Crippen LogP contribution in [0, 0.1) is 0 Å². The van der Waals surface area contributed by atoms with Gasteiger partial charge < -0.3 is 16.0 Å². The summed E-state index contributed by atoms with van der Waals surface area (Å²) in [7, 11) is 0. The molecule has 4 aromatic rings. The van der Waals surface area contributed by atoms with Gasteiger partial charge in [-0.2, -0.15) is 0 Å². The lowest BCUT2D eigenvalue weighted by atomic mass is 10.0. The second-order valence-corrected chi connectivity index (χ2v) is 8.15. The highest BCUT2D eigenvalue weighted by atomic mass is 35.5. The highest BCUT2D eigenvalue weighted by molar-refractivity contribution is 6.35. The topological polar surface area (TPSA) is 101 Å². The lowest BCUT2D eigenvalue weighted by molar-refractivity contribution is -0.117. The van der Waals surface area contributed by atoms with Crippen LogP contribution in [0.15, 0.2) is 67.1 Å². The summed E-state index contributed by atoms with van der Waals surface area (Å²) < 4.78 is 0. The first-order valence-electron chi connectivity index (χ1n) is 10.3. The predicted molar refractivity (Wildman–Crippen MR) is 125 cm³/mol. The lowest BCUT2D eigenvalue weighted by Crippen LogP contribution is -2.23. The number of halogens is 1. The zero-order valence-electron chi connectivity index (χ0n) is 17.4. The van der Waals surface area contributed by atoms with E-state index >= 15 is 0 Å². The molecule has 0 aliphatic rings. The van der Waals surface area contributed by atoms with Crippen LogP contribution in [0.4, 0.5) is 0 Å². The van der Waals surface area contributed by atoms with Crippen LogP contribution in [0.25, 0.3) is 10.9 Å². The van der Waals surface area contributed by atoms with E-state index in [1.165, 1.54) is 0 Å². The maximum atomic E-state index is 12.7. The number of fused-ring (bicyclic) bond motifs is 1. The molecule has 2 aromatic heterocycles. The molecular formula is C25H23ClN4O2. The number of carbonyl (C=O) groups is 2. The monoisotopic (exact) mass is 446 g/mol. The average molecular weight is 447 g/mol. The quantitative estimate of drug-likeness (QED) is 0.379. The summed E-state index contributed by atoms with van der Waals surface area (Å²) >= 11 is 6.18. The van der Waals surface area contributed by atoms with Crippen molar-refractivity contribution < 1.29 is 9.59 Å². The number of H-pyrrole nitrogens is 1. The third kappa shape index (κ3) is 5.34. The smallest absolute Gasteiger partial charge is 0.253 e. The molecule has 0 unspecified atom stereocenters. The molecule has 0 saturated carbocycles. The number of benzene rings is 2. The standard InChI is InChI=1S/C25H23ClN4O2/c26-22-15-29-23-7-5-18(11-21(22)23)13-30-25(32)20-10-19(12-28-14-20)9-17-3-1-16(2-4-17)6-8-24(27)31/h1-5,7,10-12,14-15,29H,6,8-9,13H2,(H2,27,31)(H,30,32). The number of hydrogen-bond donors (Lipinski definition) is 3. The van der Waals surface area contributed by atoms with Crippen LogP contribution in [0.3, 0.4) is 0 Å². The van der Waals surface area contributed by atoms with Crippen molar-refractivity contribution in [2.24, 2.45) is 5.73 Å². The molecule has 2 amide bonds. The number of rotatable bonds is 8. The lowest BCUT2D eigenvalue weighted by Gasteiger charge is -2.08. The molecule has 32 heavy (non-hydrogen) atoms. The Morgan fingerprint density at radius 2 is 1.72 bits per heavy atom. The summed E-state index contributed by atoms with van der Waals surface area (Å²) in [6.07, 6.45) is 6.72. The molecule has 0 fully saturated rings. The number of nitrogens with one attached hydrogen (secondary N) is 2. The number of nitrogens with zero attached hydrogens (tertiary/aromatic N) is 1. The number of primary amides is 1. The Hall–Kier alpha value is -3.64. The first kappa shape index (κ1) is 21.6. The molecule has 7 heteroatoms. The molecule has 2 heterocycles. The Morgan fingerprint density at radius 1 is 0.969 bits per heavy atom. The largest absolute Gasteiger partial charge is 0.370 e. The molecule has 0 aliphatic carbocycles. The van der Waals surface area contributed by atoms with Crippen molar-refractivity contribution in [3.05, 3.63) is 100.0 Å². The van der Waals surface area contributed by atoms with E-state index in [9.17, 15) is 9.59 Å². The van der Waals surface area contributed by atoms with E-state index < -0.39 is 0 Å². The number of pyridine rings is 1. The van der Waals surface area contributed by atoms with Crippen LogP contribution in [0.2, 0.25) is 5.02 Å². The molecule has 0 saturated heterocycles. The molecule has 4 N–H and O–H groups in total. The number of aromatic nitrogens is 2. The molecule has 6 nitrogen and oxygen atoms in total. The van der Waals surface area contributed by atoms with E-state index in [1.54, 1.807) is 18.6 Å². The third-order valence-corrected chi connectivity index (χ3v) is 5.61. The van der Waals surface area contributed by atoms with Gasteiger partial charge in [0, 0.05) is 42.5 Å². The second-order valence-electron chi connectivity index (χ2n) is 7.74. The molecule has 4 rings (SSSR count). The van der Waals surface area contributed by atoms with Gasteiger partial charge in [-0.3, -0.25) is 14.6 Å². The van der Waals surface area contributed by atoms with Gasteiger partial charge in [0.15, 0.2) is 0 Å². The minimum atomic E-state index is -0.302. The minimum Gasteiger partial charge on any atom is -0.370 e. The minimum absolute atomic E-state index is 0.179.